The Kier molecular flexibility index (Phi) is 3.59. The van der Waals surface area contributed by atoms with Gasteiger partial charge in [-0.2, -0.15) is 5.26 Å². The van der Waals surface area contributed by atoms with Gasteiger partial charge in [-0.05, 0) is 24.3 Å². The zero-order valence-electron chi connectivity index (χ0n) is 10.2. The monoisotopic (exact) mass is 291 g/mol. The third-order valence-electron chi connectivity index (χ3n) is 2.56. The van der Waals surface area contributed by atoms with Crippen LogP contribution in [0.15, 0.2) is 47.4 Å². The zero-order chi connectivity index (χ0) is 14.8. The van der Waals surface area contributed by atoms with Crippen LogP contribution < -0.4 is 10.5 Å². The Labute approximate surface area is 115 Å². The molecule has 20 heavy (non-hydrogen) atoms. The molecule has 0 fully saturated rings. The molecule has 0 spiro atoms. The fraction of sp³-hybridized carbons (Fsp3) is 0. The summed E-state index contributed by atoms with van der Waals surface area (Å²) >= 11 is 0. The average molecular weight is 291 g/mol. The van der Waals surface area contributed by atoms with E-state index in [1.54, 1.807) is 12.1 Å². The lowest BCUT2D eigenvalue weighted by atomic mass is 10.2. The normalized spacial score (nSPS) is 10.8. The van der Waals surface area contributed by atoms with E-state index in [4.69, 9.17) is 11.0 Å². The molecular weight excluding hydrogens is 281 g/mol. The number of rotatable bonds is 3. The molecule has 102 valence electrons. The Bertz CT molecular complexity index is 777. The molecule has 7 heteroatoms. The summed E-state index contributed by atoms with van der Waals surface area (Å²) in [4.78, 5) is -0.632. The molecule has 0 unspecified atom stereocenters. The standard InChI is InChI=1S/C13H10FN3O2S/c14-10-5-3-6-11(16)13(10)20(18,19)17-12-7-2-1-4-9(12)8-15/h1-7,17H,16H2. The van der Waals surface area contributed by atoms with E-state index in [0.717, 1.165) is 6.07 Å². The molecule has 0 bridgehead atoms. The van der Waals surface area contributed by atoms with E-state index in [1.807, 2.05) is 6.07 Å². The van der Waals surface area contributed by atoms with Crippen LogP contribution in [0.25, 0.3) is 0 Å². The van der Waals surface area contributed by atoms with Gasteiger partial charge in [0.05, 0.1) is 16.9 Å². The Morgan fingerprint density at radius 2 is 1.85 bits per heavy atom. The van der Waals surface area contributed by atoms with Crippen LogP contribution in [-0.4, -0.2) is 8.42 Å². The van der Waals surface area contributed by atoms with Gasteiger partial charge in [0.25, 0.3) is 10.0 Å². The second-order valence-corrected chi connectivity index (χ2v) is 5.54. The van der Waals surface area contributed by atoms with Crippen LogP contribution in [0.2, 0.25) is 0 Å². The van der Waals surface area contributed by atoms with Crippen molar-refractivity contribution in [2.75, 3.05) is 10.5 Å². The number of hydrogen-bond donors (Lipinski definition) is 2. The first kappa shape index (κ1) is 13.8. The number of benzene rings is 2. The molecule has 0 radical (unpaired) electrons. The van der Waals surface area contributed by atoms with Crippen molar-refractivity contribution in [3.8, 4) is 6.07 Å². The van der Waals surface area contributed by atoms with Crippen LogP contribution >= 0.6 is 0 Å². The summed E-state index contributed by atoms with van der Waals surface area (Å²) in [5.41, 5.74) is 5.50. The van der Waals surface area contributed by atoms with E-state index in [-0.39, 0.29) is 16.9 Å². The number of nitrogens with two attached hydrogens (primary N) is 1. The van der Waals surface area contributed by atoms with Crippen LogP contribution in [0.1, 0.15) is 5.56 Å². The first-order valence-electron chi connectivity index (χ1n) is 5.51. The van der Waals surface area contributed by atoms with Gasteiger partial charge < -0.3 is 5.73 Å². The van der Waals surface area contributed by atoms with E-state index < -0.39 is 20.7 Å². The molecule has 5 nitrogen and oxygen atoms in total. The predicted octanol–water partition coefficient (Wildman–Crippen LogP) is 2.08. The third-order valence-corrected chi connectivity index (χ3v) is 4.01. The quantitative estimate of drug-likeness (QED) is 0.846. The molecule has 0 heterocycles. The largest absolute Gasteiger partial charge is 0.398 e. The van der Waals surface area contributed by atoms with Crippen LogP contribution in [0.5, 0.6) is 0 Å². The van der Waals surface area contributed by atoms with Crippen molar-refractivity contribution >= 4 is 21.4 Å². The number of nitrogen functional groups attached to an aromatic ring is 1. The number of hydrogen-bond acceptors (Lipinski definition) is 4. The first-order chi connectivity index (χ1) is 9.45. The highest BCUT2D eigenvalue weighted by molar-refractivity contribution is 7.92. The number of nitriles is 1. The van der Waals surface area contributed by atoms with Gasteiger partial charge in [-0.1, -0.05) is 18.2 Å². The van der Waals surface area contributed by atoms with E-state index in [0.29, 0.717) is 0 Å². The maximum atomic E-state index is 13.7. The summed E-state index contributed by atoms with van der Waals surface area (Å²) in [5, 5.41) is 8.91. The Morgan fingerprint density at radius 1 is 1.15 bits per heavy atom. The van der Waals surface area contributed by atoms with E-state index in [9.17, 15) is 12.8 Å². The van der Waals surface area contributed by atoms with Gasteiger partial charge in [-0.3, -0.25) is 4.72 Å². The third kappa shape index (κ3) is 2.55. The molecule has 0 aliphatic heterocycles. The summed E-state index contributed by atoms with van der Waals surface area (Å²) in [6.07, 6.45) is 0. The van der Waals surface area contributed by atoms with Crippen LogP contribution in [-0.2, 0) is 10.0 Å². The van der Waals surface area contributed by atoms with Crippen molar-refractivity contribution in [2.24, 2.45) is 0 Å². The SMILES string of the molecule is N#Cc1ccccc1NS(=O)(=O)c1c(N)cccc1F. The molecule has 0 aromatic heterocycles. The minimum atomic E-state index is -4.21. The van der Waals surface area contributed by atoms with Crippen molar-refractivity contribution in [2.45, 2.75) is 4.90 Å². The van der Waals surface area contributed by atoms with Gasteiger partial charge in [-0.15, -0.1) is 0 Å². The smallest absolute Gasteiger partial charge is 0.266 e. The minimum Gasteiger partial charge on any atom is -0.398 e. The molecule has 2 aromatic rings. The van der Waals surface area contributed by atoms with E-state index in [1.165, 1.54) is 24.3 Å². The molecule has 0 saturated heterocycles. The topological polar surface area (TPSA) is 96.0 Å². The summed E-state index contributed by atoms with van der Waals surface area (Å²) in [5.74, 6) is -0.952. The van der Waals surface area contributed by atoms with Crippen molar-refractivity contribution in [1.82, 2.24) is 0 Å². The van der Waals surface area contributed by atoms with E-state index in [2.05, 4.69) is 4.72 Å². The van der Waals surface area contributed by atoms with Gasteiger partial charge >= 0.3 is 0 Å². The zero-order valence-corrected chi connectivity index (χ0v) is 11.0. The van der Waals surface area contributed by atoms with Crippen LogP contribution in [0.3, 0.4) is 0 Å². The van der Waals surface area contributed by atoms with Crippen LogP contribution in [0.4, 0.5) is 15.8 Å². The van der Waals surface area contributed by atoms with Gasteiger partial charge in [0.15, 0.2) is 0 Å². The second-order valence-electron chi connectivity index (χ2n) is 3.92. The first-order valence-corrected chi connectivity index (χ1v) is 7.00. The number of anilines is 2. The molecule has 0 saturated carbocycles. The van der Waals surface area contributed by atoms with Crippen molar-refractivity contribution < 1.29 is 12.8 Å². The number of nitrogens with one attached hydrogen (secondary N) is 1. The molecule has 0 aliphatic rings. The number of sulfonamides is 1. The molecule has 3 N–H and O–H groups in total. The predicted molar refractivity (Wildman–Crippen MR) is 72.8 cm³/mol. The molecule has 0 amide bonds. The highest BCUT2D eigenvalue weighted by Gasteiger charge is 2.23. The Morgan fingerprint density at radius 3 is 2.50 bits per heavy atom. The number of nitrogens with zero attached hydrogens (tertiary/aromatic N) is 1. The lowest BCUT2D eigenvalue weighted by molar-refractivity contribution is 0.572. The van der Waals surface area contributed by atoms with Gasteiger partial charge in [0.1, 0.15) is 16.8 Å². The molecule has 2 aromatic carbocycles. The average Bonchev–Trinajstić information content (AvgIpc) is 2.38. The highest BCUT2D eigenvalue weighted by atomic mass is 32.2. The van der Waals surface area contributed by atoms with Gasteiger partial charge in [0, 0.05) is 0 Å². The summed E-state index contributed by atoms with van der Waals surface area (Å²) in [6.45, 7) is 0. The Hall–Kier alpha value is -2.59. The molecule has 0 aliphatic carbocycles. The van der Waals surface area contributed by atoms with Crippen molar-refractivity contribution in [3.05, 3.63) is 53.8 Å². The fourth-order valence-corrected chi connectivity index (χ4v) is 2.95. The lowest BCUT2D eigenvalue weighted by Crippen LogP contribution is -2.17. The lowest BCUT2D eigenvalue weighted by Gasteiger charge is -2.11. The summed E-state index contributed by atoms with van der Waals surface area (Å²) < 4.78 is 40.2. The fourth-order valence-electron chi connectivity index (χ4n) is 1.67. The Balaban J connectivity index is 2.50. The molecule has 2 rings (SSSR count). The summed E-state index contributed by atoms with van der Waals surface area (Å²) in [7, 11) is -4.21. The van der Waals surface area contributed by atoms with Crippen molar-refractivity contribution in [1.29, 1.82) is 5.26 Å². The highest BCUT2D eigenvalue weighted by Crippen LogP contribution is 2.25. The van der Waals surface area contributed by atoms with E-state index >= 15 is 0 Å². The van der Waals surface area contributed by atoms with Crippen LogP contribution in [0, 0.1) is 17.1 Å². The number of halogens is 1. The second kappa shape index (κ2) is 5.19. The number of para-hydroxylation sites is 1. The van der Waals surface area contributed by atoms with Gasteiger partial charge in [-0.25, -0.2) is 12.8 Å². The maximum absolute atomic E-state index is 13.7. The maximum Gasteiger partial charge on any atom is 0.266 e. The summed E-state index contributed by atoms with van der Waals surface area (Å²) in [6, 6.07) is 11.5. The minimum absolute atomic E-state index is 0.0673. The molecular formula is C13H10FN3O2S. The van der Waals surface area contributed by atoms with Gasteiger partial charge in [0.2, 0.25) is 0 Å². The van der Waals surface area contributed by atoms with Crippen molar-refractivity contribution in [3.63, 3.8) is 0 Å². The molecule has 0 atom stereocenters.